The number of hydrogen-bond donors (Lipinski definition) is 2. The Morgan fingerprint density at radius 3 is 2.56 bits per heavy atom. The molecule has 0 fully saturated rings. The van der Waals surface area contributed by atoms with E-state index >= 15 is 0 Å². The first-order valence-corrected chi connectivity index (χ1v) is 5.25. The fraction of sp³-hybridized carbons (Fsp3) is 0.444. The summed E-state index contributed by atoms with van der Waals surface area (Å²) in [5.41, 5.74) is 0. The van der Waals surface area contributed by atoms with Gasteiger partial charge in [-0.3, -0.25) is 4.79 Å². The standard InChI is InChI=1S/C9H10F3NO2S/c10-9(11,12)5-13-4-7-2-1-6(16-7)3-8(14)15/h1-2,13H,3-5H2,(H,14,15). The highest BCUT2D eigenvalue weighted by atomic mass is 32.1. The second-order valence-corrected chi connectivity index (χ2v) is 4.41. The zero-order valence-corrected chi connectivity index (χ0v) is 8.99. The molecule has 7 heteroatoms. The highest BCUT2D eigenvalue weighted by Gasteiger charge is 2.26. The zero-order valence-electron chi connectivity index (χ0n) is 8.17. The molecule has 0 saturated heterocycles. The Balaban J connectivity index is 2.38. The van der Waals surface area contributed by atoms with Crippen molar-refractivity contribution in [2.24, 2.45) is 0 Å². The van der Waals surface area contributed by atoms with Gasteiger partial charge >= 0.3 is 12.1 Å². The first-order chi connectivity index (χ1) is 7.37. The topological polar surface area (TPSA) is 49.3 Å². The summed E-state index contributed by atoms with van der Waals surface area (Å²) < 4.78 is 35.4. The maximum atomic E-state index is 11.8. The summed E-state index contributed by atoms with van der Waals surface area (Å²) in [7, 11) is 0. The molecular formula is C9H10F3NO2S. The number of carbonyl (C=O) groups is 1. The molecule has 0 bridgehead atoms. The minimum absolute atomic E-state index is 0.0933. The summed E-state index contributed by atoms with van der Waals surface area (Å²) in [6, 6.07) is 3.25. The van der Waals surface area contributed by atoms with Crippen LogP contribution in [0.4, 0.5) is 13.2 Å². The summed E-state index contributed by atoms with van der Waals surface area (Å²) in [6.45, 7) is -0.942. The van der Waals surface area contributed by atoms with Crippen LogP contribution in [0, 0.1) is 0 Å². The van der Waals surface area contributed by atoms with E-state index in [0.717, 1.165) is 0 Å². The number of thiophene rings is 1. The van der Waals surface area contributed by atoms with Crippen molar-refractivity contribution in [2.75, 3.05) is 6.54 Å². The number of aliphatic carboxylic acids is 1. The van der Waals surface area contributed by atoms with Crippen molar-refractivity contribution in [1.29, 1.82) is 0 Å². The maximum Gasteiger partial charge on any atom is 0.401 e. The van der Waals surface area contributed by atoms with E-state index in [4.69, 9.17) is 5.11 Å². The molecule has 0 amide bonds. The van der Waals surface area contributed by atoms with E-state index in [1.54, 1.807) is 12.1 Å². The molecule has 1 aromatic rings. The number of halogens is 3. The summed E-state index contributed by atoms with van der Waals surface area (Å²) in [4.78, 5) is 11.7. The molecule has 0 saturated carbocycles. The Bertz CT molecular complexity index is 362. The molecule has 0 aliphatic carbocycles. The van der Waals surface area contributed by atoms with Crippen LogP contribution in [-0.2, 0) is 17.8 Å². The van der Waals surface area contributed by atoms with Crippen molar-refractivity contribution in [1.82, 2.24) is 5.32 Å². The Morgan fingerprint density at radius 2 is 2.00 bits per heavy atom. The van der Waals surface area contributed by atoms with Gasteiger partial charge in [-0.1, -0.05) is 0 Å². The van der Waals surface area contributed by atoms with Crippen molar-refractivity contribution in [2.45, 2.75) is 19.1 Å². The molecule has 0 spiro atoms. The van der Waals surface area contributed by atoms with Crippen LogP contribution < -0.4 is 5.32 Å². The molecule has 90 valence electrons. The molecule has 1 aromatic heterocycles. The Labute approximate surface area is 93.9 Å². The molecule has 16 heavy (non-hydrogen) atoms. The summed E-state index contributed by atoms with van der Waals surface area (Å²) in [6.07, 6.45) is -4.31. The van der Waals surface area contributed by atoms with Gasteiger partial charge < -0.3 is 10.4 Å². The first-order valence-electron chi connectivity index (χ1n) is 4.43. The monoisotopic (exact) mass is 253 g/mol. The van der Waals surface area contributed by atoms with Crippen molar-refractivity contribution in [3.8, 4) is 0 Å². The quantitative estimate of drug-likeness (QED) is 0.844. The molecule has 0 radical (unpaired) electrons. The van der Waals surface area contributed by atoms with E-state index < -0.39 is 18.7 Å². The molecule has 3 nitrogen and oxygen atoms in total. The lowest BCUT2D eigenvalue weighted by Gasteiger charge is -2.06. The molecule has 0 aromatic carbocycles. The minimum atomic E-state index is -4.22. The lowest BCUT2D eigenvalue weighted by atomic mass is 10.3. The lowest BCUT2D eigenvalue weighted by molar-refractivity contribution is -0.136. The third-order valence-corrected chi connectivity index (χ3v) is 2.75. The fourth-order valence-corrected chi connectivity index (χ4v) is 2.07. The highest BCUT2D eigenvalue weighted by molar-refractivity contribution is 7.12. The number of hydrogen-bond acceptors (Lipinski definition) is 3. The number of carboxylic acids is 1. The number of rotatable bonds is 5. The average molecular weight is 253 g/mol. The molecule has 0 unspecified atom stereocenters. The summed E-state index contributed by atoms with van der Waals surface area (Å²) in [5.74, 6) is -0.948. The summed E-state index contributed by atoms with van der Waals surface area (Å²) >= 11 is 1.20. The third-order valence-electron chi connectivity index (χ3n) is 1.67. The van der Waals surface area contributed by atoms with Gasteiger partial charge in [0.05, 0.1) is 13.0 Å². The van der Waals surface area contributed by atoms with E-state index in [0.29, 0.717) is 9.75 Å². The smallest absolute Gasteiger partial charge is 0.401 e. The van der Waals surface area contributed by atoms with Crippen LogP contribution in [0.25, 0.3) is 0 Å². The maximum absolute atomic E-state index is 11.8. The number of alkyl halides is 3. The SMILES string of the molecule is O=C(O)Cc1ccc(CNCC(F)(F)F)s1. The Hall–Kier alpha value is -1.08. The van der Waals surface area contributed by atoms with E-state index in [1.807, 2.05) is 0 Å². The van der Waals surface area contributed by atoms with Crippen molar-refractivity contribution >= 4 is 17.3 Å². The van der Waals surface area contributed by atoms with Gasteiger partial charge in [0.2, 0.25) is 0 Å². The van der Waals surface area contributed by atoms with Crippen molar-refractivity contribution in [3.63, 3.8) is 0 Å². The van der Waals surface area contributed by atoms with Gasteiger partial charge in [0.15, 0.2) is 0 Å². The Kier molecular flexibility index (Phi) is 4.31. The number of nitrogens with one attached hydrogen (secondary N) is 1. The van der Waals surface area contributed by atoms with Gasteiger partial charge in [-0.05, 0) is 12.1 Å². The van der Waals surface area contributed by atoms with Crippen LogP contribution >= 0.6 is 11.3 Å². The normalized spacial score (nSPS) is 11.7. The summed E-state index contributed by atoms with van der Waals surface area (Å²) in [5, 5.41) is 10.7. The molecule has 0 aliphatic heterocycles. The van der Waals surface area contributed by atoms with Gasteiger partial charge in [-0.15, -0.1) is 11.3 Å². The van der Waals surface area contributed by atoms with Crippen molar-refractivity contribution in [3.05, 3.63) is 21.9 Å². The van der Waals surface area contributed by atoms with Crippen LogP contribution in [0.5, 0.6) is 0 Å². The molecule has 2 N–H and O–H groups in total. The molecule has 0 atom stereocenters. The van der Waals surface area contributed by atoms with Crippen LogP contribution in [0.1, 0.15) is 9.75 Å². The van der Waals surface area contributed by atoms with Crippen LogP contribution in [0.3, 0.4) is 0 Å². The molecule has 1 heterocycles. The largest absolute Gasteiger partial charge is 0.481 e. The predicted octanol–water partition coefficient (Wildman–Crippen LogP) is 2.03. The van der Waals surface area contributed by atoms with E-state index in [9.17, 15) is 18.0 Å². The lowest BCUT2D eigenvalue weighted by Crippen LogP contribution is -2.27. The number of carboxylic acid groups (broad SMARTS) is 1. The van der Waals surface area contributed by atoms with Gasteiger partial charge in [-0.25, -0.2) is 0 Å². The second kappa shape index (κ2) is 5.31. The van der Waals surface area contributed by atoms with E-state index in [-0.39, 0.29) is 13.0 Å². The third kappa shape index (κ3) is 5.13. The zero-order chi connectivity index (χ0) is 12.2. The molecule has 1 rings (SSSR count). The Morgan fingerprint density at radius 1 is 1.38 bits per heavy atom. The minimum Gasteiger partial charge on any atom is -0.481 e. The average Bonchev–Trinajstić information content (AvgIpc) is 2.49. The van der Waals surface area contributed by atoms with Crippen LogP contribution in [0.15, 0.2) is 12.1 Å². The van der Waals surface area contributed by atoms with E-state index in [2.05, 4.69) is 5.32 Å². The second-order valence-electron chi connectivity index (χ2n) is 3.16. The van der Waals surface area contributed by atoms with Crippen LogP contribution in [0.2, 0.25) is 0 Å². The van der Waals surface area contributed by atoms with Crippen LogP contribution in [-0.4, -0.2) is 23.8 Å². The first kappa shape index (κ1) is 13.0. The molecular weight excluding hydrogens is 243 g/mol. The van der Waals surface area contributed by atoms with Gasteiger partial charge in [-0.2, -0.15) is 13.2 Å². The predicted molar refractivity (Wildman–Crippen MR) is 53.4 cm³/mol. The van der Waals surface area contributed by atoms with E-state index in [1.165, 1.54) is 11.3 Å². The fourth-order valence-electron chi connectivity index (χ4n) is 1.09. The molecule has 0 aliphatic rings. The highest BCUT2D eigenvalue weighted by Crippen LogP contribution is 2.18. The van der Waals surface area contributed by atoms with Gasteiger partial charge in [0.1, 0.15) is 0 Å². The van der Waals surface area contributed by atoms with Crippen molar-refractivity contribution < 1.29 is 23.1 Å². The van der Waals surface area contributed by atoms with Gasteiger partial charge in [0.25, 0.3) is 0 Å². The van der Waals surface area contributed by atoms with Gasteiger partial charge in [0, 0.05) is 16.3 Å².